The van der Waals surface area contributed by atoms with Gasteiger partial charge in [-0.05, 0) is 45.4 Å². The molecule has 0 aliphatic heterocycles. The maximum absolute atomic E-state index is 11.4. The Balaban J connectivity index is 2.79. The number of carbonyl (C=O) groups is 1. The summed E-state index contributed by atoms with van der Waals surface area (Å²) in [7, 11) is 0. The lowest BCUT2D eigenvalue weighted by atomic mass is 10.2. The molecule has 17 heteroatoms. The molecule has 58 heavy (non-hydrogen) atoms. The fourth-order valence-electron chi connectivity index (χ4n) is 4.39. The minimum absolute atomic E-state index is 0.156. The van der Waals surface area contributed by atoms with Crippen LogP contribution in [0.4, 0.5) is 0 Å². The topological polar surface area (TPSA) is 165 Å². The van der Waals surface area contributed by atoms with Crippen LogP contribution in [0.2, 0.25) is 0 Å². The maximum atomic E-state index is 11.4. The van der Waals surface area contributed by atoms with Crippen molar-refractivity contribution >= 4 is 5.97 Å². The molecule has 0 spiro atoms. The summed E-state index contributed by atoms with van der Waals surface area (Å²) >= 11 is 0. The molecule has 338 valence electrons. The van der Waals surface area contributed by atoms with Gasteiger partial charge in [-0.1, -0.05) is 6.58 Å². The van der Waals surface area contributed by atoms with E-state index in [1.165, 1.54) is 0 Å². The van der Waals surface area contributed by atoms with E-state index in [1.54, 1.807) is 6.92 Å². The summed E-state index contributed by atoms with van der Waals surface area (Å²) in [5.74, 6) is 0.931. The Bertz CT molecular complexity index is 1050. The van der Waals surface area contributed by atoms with Gasteiger partial charge in [-0.15, -0.1) is 0 Å². The lowest BCUT2D eigenvalue weighted by Crippen LogP contribution is -2.16. The van der Waals surface area contributed by atoms with Gasteiger partial charge < -0.3 is 75.8 Å². The zero-order valence-electron chi connectivity index (χ0n) is 35.6. The zero-order valence-corrected chi connectivity index (χ0v) is 35.6. The molecule has 0 aromatic heterocycles. The molecule has 0 atom stereocenters. The van der Waals surface area contributed by atoms with Crippen LogP contribution in [0.25, 0.3) is 0 Å². The summed E-state index contributed by atoms with van der Waals surface area (Å²) in [6.07, 6.45) is 0. The summed E-state index contributed by atoms with van der Waals surface area (Å²) in [6, 6.07) is 3.72. The van der Waals surface area contributed by atoms with Crippen LogP contribution in [0, 0.1) is 0 Å². The van der Waals surface area contributed by atoms with Crippen LogP contribution in [-0.2, 0) is 73.0 Å². The molecule has 0 aliphatic carbocycles. The quantitative estimate of drug-likeness (QED) is 0.0530. The molecule has 0 aliphatic rings. The van der Waals surface area contributed by atoms with Gasteiger partial charge in [0.2, 0.25) is 5.75 Å². The van der Waals surface area contributed by atoms with Gasteiger partial charge in [0.05, 0.1) is 139 Å². The summed E-state index contributed by atoms with van der Waals surface area (Å²) in [5, 5.41) is 0. The second-order valence-corrected chi connectivity index (χ2v) is 11.9. The molecule has 0 saturated heterocycles. The third kappa shape index (κ3) is 32.2. The smallest absolute Gasteiger partial charge is 0.333 e. The van der Waals surface area contributed by atoms with Crippen molar-refractivity contribution in [3.63, 3.8) is 0 Å². The van der Waals surface area contributed by atoms with E-state index >= 15 is 0 Å². The van der Waals surface area contributed by atoms with Crippen molar-refractivity contribution in [2.45, 2.75) is 34.3 Å². The van der Waals surface area contributed by atoms with Crippen LogP contribution in [0.3, 0.4) is 0 Å². The minimum Gasteiger partial charge on any atom is -0.487 e. The first kappa shape index (κ1) is 53.4. The van der Waals surface area contributed by atoms with Crippen molar-refractivity contribution in [2.24, 2.45) is 0 Å². The number of esters is 1. The highest BCUT2D eigenvalue weighted by molar-refractivity contribution is 5.86. The highest BCUT2D eigenvalue weighted by atomic mass is 16.6. The highest BCUT2D eigenvalue weighted by Crippen LogP contribution is 2.39. The van der Waals surface area contributed by atoms with E-state index < -0.39 is 5.97 Å². The van der Waals surface area contributed by atoms with Crippen molar-refractivity contribution in [1.29, 1.82) is 0 Å². The Morgan fingerprint density at radius 1 is 0.414 bits per heavy atom. The van der Waals surface area contributed by atoms with E-state index in [-0.39, 0.29) is 39.6 Å². The normalized spacial score (nSPS) is 11.2. The predicted molar refractivity (Wildman–Crippen MR) is 214 cm³/mol. The number of hydrogen-bond donors (Lipinski definition) is 0. The second kappa shape index (κ2) is 41.1. The summed E-state index contributed by atoms with van der Waals surface area (Å²) < 4.78 is 90.2. The Morgan fingerprint density at radius 3 is 1.05 bits per heavy atom. The number of carbonyl (C=O) groups excluding carboxylic acids is 1. The number of ether oxygens (including phenoxy) is 16. The van der Waals surface area contributed by atoms with E-state index in [1.807, 2.05) is 32.9 Å². The SMILES string of the molecule is C=C(C)C(=O)OCCOCCOCCOCc1cc(OCCOCCOCCOCC)c(OCCOCCOCCOCC)c(OCCOCCOCCOCC)c1. The first-order valence-corrected chi connectivity index (χ1v) is 20.3. The van der Waals surface area contributed by atoms with Crippen LogP contribution >= 0.6 is 0 Å². The minimum atomic E-state index is -0.437. The van der Waals surface area contributed by atoms with Crippen LogP contribution in [0.5, 0.6) is 17.2 Å². The highest BCUT2D eigenvalue weighted by Gasteiger charge is 2.17. The number of benzene rings is 1. The van der Waals surface area contributed by atoms with Gasteiger partial charge in [0.15, 0.2) is 11.5 Å². The van der Waals surface area contributed by atoms with Gasteiger partial charge in [-0.2, -0.15) is 0 Å². The molecule has 0 bridgehead atoms. The molecular formula is C41H72O17. The molecule has 1 aromatic rings. The second-order valence-electron chi connectivity index (χ2n) is 11.9. The summed E-state index contributed by atoms with van der Waals surface area (Å²) in [4.78, 5) is 11.4. The lowest BCUT2D eigenvalue weighted by molar-refractivity contribution is -0.140. The van der Waals surface area contributed by atoms with E-state index in [2.05, 4.69) is 6.58 Å². The Labute approximate surface area is 345 Å². The van der Waals surface area contributed by atoms with E-state index in [4.69, 9.17) is 75.8 Å². The molecule has 1 rings (SSSR count). The predicted octanol–water partition coefficient (Wildman–Crippen LogP) is 3.70. The van der Waals surface area contributed by atoms with Gasteiger partial charge in [0.25, 0.3) is 0 Å². The van der Waals surface area contributed by atoms with Gasteiger partial charge in [-0.3, -0.25) is 0 Å². The van der Waals surface area contributed by atoms with Gasteiger partial charge >= 0.3 is 5.97 Å². The van der Waals surface area contributed by atoms with Gasteiger partial charge in [0.1, 0.15) is 26.4 Å². The third-order valence-corrected chi connectivity index (χ3v) is 7.19. The first-order valence-electron chi connectivity index (χ1n) is 20.3. The van der Waals surface area contributed by atoms with Crippen LogP contribution < -0.4 is 14.2 Å². The largest absolute Gasteiger partial charge is 0.487 e. The van der Waals surface area contributed by atoms with E-state index in [9.17, 15) is 4.79 Å². The summed E-state index contributed by atoms with van der Waals surface area (Å²) in [5.41, 5.74) is 1.15. The maximum Gasteiger partial charge on any atom is 0.333 e. The average molecular weight is 837 g/mol. The van der Waals surface area contributed by atoms with Crippen molar-refractivity contribution in [3.05, 3.63) is 29.8 Å². The average Bonchev–Trinajstić information content (AvgIpc) is 3.22. The van der Waals surface area contributed by atoms with Crippen molar-refractivity contribution in [1.82, 2.24) is 0 Å². The molecule has 17 nitrogen and oxygen atoms in total. The fourth-order valence-corrected chi connectivity index (χ4v) is 4.39. The molecular weight excluding hydrogens is 764 g/mol. The van der Waals surface area contributed by atoms with E-state index in [0.717, 1.165) is 5.56 Å². The molecule has 0 N–H and O–H groups in total. The molecule has 0 radical (unpaired) electrons. The van der Waals surface area contributed by atoms with Crippen molar-refractivity contribution in [3.8, 4) is 17.2 Å². The van der Waals surface area contributed by atoms with E-state index in [0.29, 0.717) is 168 Å². The molecule has 1 aromatic carbocycles. The Hall–Kier alpha value is -2.65. The van der Waals surface area contributed by atoms with Crippen LogP contribution in [0.1, 0.15) is 33.3 Å². The van der Waals surface area contributed by atoms with Crippen LogP contribution in [0.15, 0.2) is 24.3 Å². The molecule has 0 amide bonds. The molecule has 0 fully saturated rings. The van der Waals surface area contributed by atoms with Gasteiger partial charge in [-0.25, -0.2) is 4.79 Å². The third-order valence-electron chi connectivity index (χ3n) is 7.19. The first-order chi connectivity index (χ1) is 28.5. The van der Waals surface area contributed by atoms with Crippen molar-refractivity contribution < 1.29 is 80.6 Å². The Kier molecular flexibility index (Phi) is 37.8. The number of hydrogen-bond acceptors (Lipinski definition) is 17. The molecule has 0 unspecified atom stereocenters. The standard InChI is InChI=1S/C41H72O17/c1-6-43-9-12-46-15-19-50-25-29-55-38-33-37(35-54-24-23-49-18-22-53-28-32-58-41(42)36(4)5)34-39(56-30-26-51-20-16-47-13-10-44-7-2)40(38)57-31-27-52-21-17-48-14-11-45-8-3/h33-34H,4,6-32,35H2,1-3,5H3. The summed E-state index contributed by atoms with van der Waals surface area (Å²) in [6.45, 7) is 22.6. The molecule has 0 saturated carbocycles. The van der Waals surface area contributed by atoms with Crippen molar-refractivity contribution in [2.75, 3.05) is 178 Å². The monoisotopic (exact) mass is 836 g/mol. The fraction of sp³-hybridized carbons (Fsp3) is 0.780. The lowest BCUT2D eigenvalue weighted by Gasteiger charge is -2.19. The van der Waals surface area contributed by atoms with Crippen LogP contribution in [-0.4, -0.2) is 184 Å². The zero-order chi connectivity index (χ0) is 42.0. The Morgan fingerprint density at radius 2 is 0.707 bits per heavy atom. The molecule has 0 heterocycles. The number of rotatable bonds is 45. The van der Waals surface area contributed by atoms with Gasteiger partial charge in [0, 0.05) is 25.4 Å².